The number of nitrogens with one attached hydrogen (secondary N) is 1. The Balaban J connectivity index is 0.00000144. The van der Waals surface area contributed by atoms with E-state index in [1.165, 1.54) is 37.1 Å². The van der Waals surface area contributed by atoms with E-state index in [1.54, 1.807) is 0 Å². The molecule has 0 amide bonds. The van der Waals surface area contributed by atoms with E-state index in [-0.39, 0.29) is 12.4 Å². The summed E-state index contributed by atoms with van der Waals surface area (Å²) < 4.78 is 0. The van der Waals surface area contributed by atoms with Crippen LogP contribution in [0, 0.1) is 6.92 Å². The van der Waals surface area contributed by atoms with Gasteiger partial charge in [-0.25, -0.2) is 0 Å². The smallest absolute Gasteiger partial charge is 0.0233 e. The molecule has 0 unspecified atom stereocenters. The van der Waals surface area contributed by atoms with E-state index in [1.807, 2.05) is 0 Å². The minimum absolute atomic E-state index is 0. The van der Waals surface area contributed by atoms with E-state index < -0.39 is 0 Å². The number of halogens is 1. The molecule has 0 bridgehead atoms. The topological polar surface area (TPSA) is 15.3 Å². The Kier molecular flexibility index (Phi) is 5.96. The van der Waals surface area contributed by atoms with Crippen LogP contribution in [0.2, 0.25) is 0 Å². The minimum atomic E-state index is 0. The van der Waals surface area contributed by atoms with Crippen LogP contribution in [-0.4, -0.2) is 31.1 Å². The summed E-state index contributed by atoms with van der Waals surface area (Å²) in [6.45, 7) is 5.69. The Morgan fingerprint density at radius 3 is 2.29 bits per heavy atom. The second-order valence-corrected chi connectivity index (χ2v) is 4.82. The summed E-state index contributed by atoms with van der Waals surface area (Å²) in [6, 6.07) is 9.64. The highest BCUT2D eigenvalue weighted by Gasteiger charge is 2.17. The zero-order chi connectivity index (χ0) is 11.4. The molecule has 0 aliphatic carbocycles. The van der Waals surface area contributed by atoms with Crippen molar-refractivity contribution in [2.24, 2.45) is 0 Å². The van der Waals surface area contributed by atoms with E-state index >= 15 is 0 Å². The van der Waals surface area contributed by atoms with Crippen molar-refractivity contribution >= 4 is 12.4 Å². The minimum Gasteiger partial charge on any atom is -0.317 e. The molecule has 1 heterocycles. The predicted octanol–water partition coefficient (Wildman–Crippen LogP) is 2.60. The number of aryl methyl sites for hydroxylation is 1. The number of hydrogen-bond donors (Lipinski definition) is 1. The largest absolute Gasteiger partial charge is 0.317 e. The molecule has 0 spiro atoms. The number of rotatable bonds is 3. The first-order valence-corrected chi connectivity index (χ1v) is 6.23. The highest BCUT2D eigenvalue weighted by Crippen LogP contribution is 2.13. The standard InChI is InChI=1S/C14H22N2.ClH/c1-12-3-5-13(6-4-12)11-16-9-7-14(15-2)8-10-16;/h3-6,14-15H,7-11H2,1-2H3;1H. The Labute approximate surface area is 111 Å². The molecule has 2 rings (SSSR count). The second kappa shape index (κ2) is 7.00. The molecular weight excluding hydrogens is 232 g/mol. The Hall–Kier alpha value is -0.570. The molecule has 17 heavy (non-hydrogen) atoms. The summed E-state index contributed by atoms with van der Waals surface area (Å²) in [5, 5.41) is 3.37. The SMILES string of the molecule is CNC1CCN(Cc2ccc(C)cc2)CC1.Cl. The Bertz CT molecular complexity index is 315. The molecular formula is C14H23ClN2. The molecule has 1 fully saturated rings. The summed E-state index contributed by atoms with van der Waals surface area (Å²) in [4.78, 5) is 2.55. The van der Waals surface area contributed by atoms with E-state index in [2.05, 4.69) is 48.5 Å². The quantitative estimate of drug-likeness (QED) is 0.892. The zero-order valence-corrected chi connectivity index (χ0v) is 11.6. The van der Waals surface area contributed by atoms with Crippen LogP contribution >= 0.6 is 12.4 Å². The van der Waals surface area contributed by atoms with E-state index in [0.29, 0.717) is 0 Å². The van der Waals surface area contributed by atoms with Gasteiger partial charge in [-0.05, 0) is 45.5 Å². The van der Waals surface area contributed by atoms with Gasteiger partial charge in [0.2, 0.25) is 0 Å². The summed E-state index contributed by atoms with van der Waals surface area (Å²) in [6.07, 6.45) is 2.56. The van der Waals surface area contributed by atoms with Crippen molar-refractivity contribution in [3.05, 3.63) is 35.4 Å². The third-order valence-electron chi connectivity index (χ3n) is 3.52. The molecule has 1 aliphatic rings. The van der Waals surface area contributed by atoms with Gasteiger partial charge in [0.1, 0.15) is 0 Å². The van der Waals surface area contributed by atoms with Crippen molar-refractivity contribution in [3.63, 3.8) is 0 Å². The molecule has 1 saturated heterocycles. The number of piperidine rings is 1. The Morgan fingerprint density at radius 1 is 1.18 bits per heavy atom. The maximum atomic E-state index is 3.37. The van der Waals surface area contributed by atoms with Crippen molar-refractivity contribution in [1.82, 2.24) is 10.2 Å². The molecule has 1 aromatic rings. The summed E-state index contributed by atoms with van der Waals surface area (Å²) in [5.74, 6) is 0. The van der Waals surface area contributed by atoms with Gasteiger partial charge in [0.15, 0.2) is 0 Å². The van der Waals surface area contributed by atoms with E-state index in [9.17, 15) is 0 Å². The van der Waals surface area contributed by atoms with Gasteiger partial charge in [-0.2, -0.15) is 0 Å². The molecule has 2 nitrogen and oxygen atoms in total. The summed E-state index contributed by atoms with van der Waals surface area (Å²) in [5.41, 5.74) is 2.78. The number of hydrogen-bond acceptors (Lipinski definition) is 2. The molecule has 3 heteroatoms. The maximum Gasteiger partial charge on any atom is 0.0233 e. The van der Waals surface area contributed by atoms with Crippen LogP contribution < -0.4 is 5.32 Å². The van der Waals surface area contributed by atoms with Gasteiger partial charge in [-0.3, -0.25) is 4.90 Å². The van der Waals surface area contributed by atoms with Crippen LogP contribution in [0.1, 0.15) is 24.0 Å². The van der Waals surface area contributed by atoms with Gasteiger partial charge in [0.25, 0.3) is 0 Å². The first kappa shape index (κ1) is 14.5. The Morgan fingerprint density at radius 2 is 1.76 bits per heavy atom. The molecule has 0 saturated carbocycles. The molecule has 0 aromatic heterocycles. The molecule has 96 valence electrons. The van der Waals surface area contributed by atoms with Crippen LogP contribution in [0.25, 0.3) is 0 Å². The van der Waals surface area contributed by atoms with Crippen molar-refractivity contribution in [3.8, 4) is 0 Å². The molecule has 1 aromatic carbocycles. The van der Waals surface area contributed by atoms with Crippen molar-refractivity contribution in [2.75, 3.05) is 20.1 Å². The van der Waals surface area contributed by atoms with Crippen molar-refractivity contribution in [1.29, 1.82) is 0 Å². The third kappa shape index (κ3) is 4.30. The second-order valence-electron chi connectivity index (χ2n) is 4.82. The van der Waals surface area contributed by atoms with Crippen LogP contribution in [-0.2, 0) is 6.54 Å². The van der Waals surface area contributed by atoms with Gasteiger partial charge in [-0.15, -0.1) is 12.4 Å². The highest BCUT2D eigenvalue weighted by atomic mass is 35.5. The van der Waals surface area contributed by atoms with Gasteiger partial charge in [0, 0.05) is 12.6 Å². The molecule has 0 atom stereocenters. The third-order valence-corrected chi connectivity index (χ3v) is 3.52. The average molecular weight is 255 g/mol. The number of likely N-dealkylation sites (tertiary alicyclic amines) is 1. The summed E-state index contributed by atoms with van der Waals surface area (Å²) >= 11 is 0. The van der Waals surface area contributed by atoms with Gasteiger partial charge < -0.3 is 5.32 Å². The lowest BCUT2D eigenvalue weighted by atomic mass is 10.0. The van der Waals surface area contributed by atoms with E-state index in [0.717, 1.165) is 12.6 Å². The lowest BCUT2D eigenvalue weighted by Crippen LogP contribution is -2.40. The first-order chi connectivity index (χ1) is 7.78. The average Bonchev–Trinajstić information content (AvgIpc) is 2.33. The van der Waals surface area contributed by atoms with Crippen LogP contribution in [0.3, 0.4) is 0 Å². The van der Waals surface area contributed by atoms with Gasteiger partial charge >= 0.3 is 0 Å². The lowest BCUT2D eigenvalue weighted by molar-refractivity contribution is 0.194. The fraction of sp³-hybridized carbons (Fsp3) is 0.571. The van der Waals surface area contributed by atoms with Crippen molar-refractivity contribution in [2.45, 2.75) is 32.4 Å². The molecule has 1 N–H and O–H groups in total. The first-order valence-electron chi connectivity index (χ1n) is 6.23. The molecule has 0 radical (unpaired) electrons. The zero-order valence-electron chi connectivity index (χ0n) is 10.8. The fourth-order valence-corrected chi connectivity index (χ4v) is 2.33. The van der Waals surface area contributed by atoms with Crippen LogP contribution in [0.15, 0.2) is 24.3 Å². The van der Waals surface area contributed by atoms with E-state index in [4.69, 9.17) is 0 Å². The van der Waals surface area contributed by atoms with Crippen molar-refractivity contribution < 1.29 is 0 Å². The monoisotopic (exact) mass is 254 g/mol. The normalized spacial score (nSPS) is 17.8. The highest BCUT2D eigenvalue weighted by molar-refractivity contribution is 5.85. The summed E-state index contributed by atoms with van der Waals surface area (Å²) in [7, 11) is 2.07. The lowest BCUT2D eigenvalue weighted by Gasteiger charge is -2.31. The predicted molar refractivity (Wildman–Crippen MR) is 75.8 cm³/mol. The maximum absolute atomic E-state index is 3.37. The van der Waals surface area contributed by atoms with Crippen LogP contribution in [0.5, 0.6) is 0 Å². The number of benzene rings is 1. The van der Waals surface area contributed by atoms with Crippen LogP contribution in [0.4, 0.5) is 0 Å². The molecule has 1 aliphatic heterocycles. The fourth-order valence-electron chi connectivity index (χ4n) is 2.33. The number of nitrogens with zero attached hydrogens (tertiary/aromatic N) is 1. The van der Waals surface area contributed by atoms with Gasteiger partial charge in [0.05, 0.1) is 0 Å². The van der Waals surface area contributed by atoms with Gasteiger partial charge in [-0.1, -0.05) is 29.8 Å².